The molecule has 0 radical (unpaired) electrons. The summed E-state index contributed by atoms with van der Waals surface area (Å²) in [4.78, 5) is 53.5. The fourth-order valence-corrected chi connectivity index (χ4v) is 5.88. The second-order valence-electron chi connectivity index (χ2n) is 9.48. The monoisotopic (exact) mass is 510 g/mol. The van der Waals surface area contributed by atoms with Crippen LogP contribution < -0.4 is 25.8 Å². The highest BCUT2D eigenvalue weighted by Gasteiger charge is 2.70. The lowest BCUT2D eigenvalue weighted by atomic mass is 9.76. The van der Waals surface area contributed by atoms with E-state index < -0.39 is 52.9 Å². The van der Waals surface area contributed by atoms with Gasteiger partial charge >= 0.3 is 0 Å². The average molecular weight is 511 g/mol. The summed E-state index contributed by atoms with van der Waals surface area (Å²) in [5.74, 6) is -3.55. The third kappa shape index (κ3) is 3.81. The Hall–Kier alpha value is -3.99. The molecule has 37 heavy (non-hydrogen) atoms. The van der Waals surface area contributed by atoms with Gasteiger partial charge in [-0.1, -0.05) is 6.07 Å². The molecule has 2 aromatic rings. The summed E-state index contributed by atoms with van der Waals surface area (Å²) in [6, 6.07) is 8.50. The van der Waals surface area contributed by atoms with Crippen molar-refractivity contribution < 1.29 is 33.0 Å². The first kappa shape index (κ1) is 24.7. The van der Waals surface area contributed by atoms with E-state index in [1.54, 1.807) is 12.1 Å². The van der Waals surface area contributed by atoms with Gasteiger partial charge in [0.05, 0.1) is 26.1 Å². The van der Waals surface area contributed by atoms with Gasteiger partial charge in [-0.25, -0.2) is 4.39 Å². The molecule has 2 saturated heterocycles. The second kappa shape index (κ2) is 9.15. The molecule has 3 aliphatic rings. The zero-order chi connectivity index (χ0) is 26.5. The van der Waals surface area contributed by atoms with Crippen molar-refractivity contribution in [3.8, 4) is 11.5 Å². The lowest BCUT2D eigenvalue weighted by Gasteiger charge is -2.29. The molecule has 2 fully saturated rings. The van der Waals surface area contributed by atoms with Crippen LogP contribution in [0.25, 0.3) is 0 Å². The fourth-order valence-electron chi connectivity index (χ4n) is 5.88. The molecular weight excluding hydrogens is 483 g/mol. The normalized spacial score (nSPS) is 25.9. The van der Waals surface area contributed by atoms with E-state index in [1.807, 2.05) is 6.07 Å². The van der Waals surface area contributed by atoms with E-state index in [1.165, 1.54) is 32.4 Å². The van der Waals surface area contributed by atoms with Gasteiger partial charge in [-0.3, -0.25) is 29.4 Å². The van der Waals surface area contributed by atoms with E-state index >= 15 is 0 Å². The number of benzene rings is 2. The van der Waals surface area contributed by atoms with E-state index in [4.69, 9.17) is 15.2 Å². The number of methoxy groups -OCH3 is 2. The van der Waals surface area contributed by atoms with Crippen molar-refractivity contribution >= 4 is 29.3 Å². The van der Waals surface area contributed by atoms with Crippen molar-refractivity contribution in [1.29, 1.82) is 0 Å². The van der Waals surface area contributed by atoms with Crippen LogP contribution in [0.5, 0.6) is 11.5 Å². The van der Waals surface area contributed by atoms with E-state index in [-0.39, 0.29) is 24.9 Å². The first-order valence-electron chi connectivity index (χ1n) is 11.9. The number of imide groups is 1. The van der Waals surface area contributed by atoms with Crippen LogP contribution in [0.2, 0.25) is 0 Å². The Bertz CT molecular complexity index is 1320. The van der Waals surface area contributed by atoms with Crippen molar-refractivity contribution in [1.82, 2.24) is 10.2 Å². The molecule has 0 aliphatic carbocycles. The highest BCUT2D eigenvalue weighted by atomic mass is 19.1. The van der Waals surface area contributed by atoms with Crippen LogP contribution in [0.15, 0.2) is 36.4 Å². The van der Waals surface area contributed by atoms with Crippen LogP contribution >= 0.6 is 0 Å². The SMILES string of the molecule is COc1ccc(CCN2C(=O)[C@@H]3[C@H](CCC(N)=O)N[C@@]4(C(=O)Nc5ccc(F)cc54)[C@@H]3C2=O)cc1OC. The zero-order valence-corrected chi connectivity index (χ0v) is 20.4. The molecule has 0 aromatic heterocycles. The average Bonchev–Trinajstić information content (AvgIpc) is 3.45. The lowest BCUT2D eigenvalue weighted by Crippen LogP contribution is -2.53. The molecule has 10 nitrogen and oxygen atoms in total. The van der Waals surface area contributed by atoms with E-state index in [0.29, 0.717) is 23.6 Å². The van der Waals surface area contributed by atoms with Crippen LogP contribution in [0, 0.1) is 17.7 Å². The molecule has 11 heteroatoms. The molecule has 2 aromatic carbocycles. The van der Waals surface area contributed by atoms with Gasteiger partial charge in [0.1, 0.15) is 11.4 Å². The zero-order valence-electron chi connectivity index (χ0n) is 20.4. The molecule has 3 aliphatic heterocycles. The van der Waals surface area contributed by atoms with Crippen LogP contribution in [0.1, 0.15) is 24.0 Å². The number of primary amides is 1. The number of nitrogens with zero attached hydrogens (tertiary/aromatic N) is 1. The van der Waals surface area contributed by atoms with Gasteiger partial charge in [-0.05, 0) is 48.7 Å². The number of anilines is 1. The fraction of sp³-hybridized carbons (Fsp3) is 0.385. The minimum absolute atomic E-state index is 0.0400. The van der Waals surface area contributed by atoms with Gasteiger partial charge in [-0.15, -0.1) is 0 Å². The standard InChI is InChI=1S/C26H27FN4O6/c1-36-18-7-3-13(11-19(18)37-2)9-10-31-23(33)21-17(6-8-20(28)32)30-26(22(21)24(31)34)15-12-14(27)4-5-16(15)29-25(26)35/h3-5,7,11-12,17,21-22,30H,6,8-10H2,1-2H3,(H2,28,32)(H,29,35)/t17-,21+,22-,26+/m0/s1. The molecule has 0 bridgehead atoms. The number of nitrogens with two attached hydrogens (primary N) is 1. The Labute approximate surface area is 212 Å². The van der Waals surface area contributed by atoms with Crippen LogP contribution in [0.4, 0.5) is 10.1 Å². The summed E-state index contributed by atoms with van der Waals surface area (Å²) in [6.07, 6.45) is 0.460. The first-order chi connectivity index (χ1) is 17.7. The number of nitrogens with one attached hydrogen (secondary N) is 2. The second-order valence-corrected chi connectivity index (χ2v) is 9.48. The molecule has 194 valence electrons. The Kier molecular flexibility index (Phi) is 6.10. The summed E-state index contributed by atoms with van der Waals surface area (Å²) in [5, 5.41) is 5.87. The molecule has 4 atom stereocenters. The lowest BCUT2D eigenvalue weighted by molar-refractivity contribution is -0.142. The third-order valence-electron chi connectivity index (χ3n) is 7.54. The van der Waals surface area contributed by atoms with Gasteiger partial charge in [0.15, 0.2) is 11.5 Å². The molecule has 0 unspecified atom stereocenters. The summed E-state index contributed by atoms with van der Waals surface area (Å²) >= 11 is 0. The topological polar surface area (TPSA) is 140 Å². The van der Waals surface area contributed by atoms with Gasteiger partial charge in [0.2, 0.25) is 23.6 Å². The van der Waals surface area contributed by atoms with Gasteiger partial charge < -0.3 is 20.5 Å². The van der Waals surface area contributed by atoms with Crippen molar-refractivity contribution in [2.75, 3.05) is 26.1 Å². The number of carbonyl (C=O) groups excluding carboxylic acids is 4. The molecule has 4 amide bonds. The van der Waals surface area contributed by atoms with Crippen molar-refractivity contribution in [3.63, 3.8) is 0 Å². The molecular formula is C26H27FN4O6. The summed E-state index contributed by atoms with van der Waals surface area (Å²) in [7, 11) is 3.04. The smallest absolute Gasteiger partial charge is 0.250 e. The van der Waals surface area contributed by atoms with Crippen LogP contribution in [0.3, 0.4) is 0 Å². The number of halogens is 1. The highest BCUT2D eigenvalue weighted by molar-refractivity contribution is 6.15. The Balaban J connectivity index is 1.48. The third-order valence-corrected chi connectivity index (χ3v) is 7.54. The number of rotatable bonds is 8. The Morgan fingerprint density at radius 3 is 2.54 bits per heavy atom. The number of amides is 4. The molecule has 1 spiro atoms. The summed E-state index contributed by atoms with van der Waals surface area (Å²) in [6.45, 7) is 0.0798. The van der Waals surface area contributed by atoms with Crippen molar-refractivity contribution in [2.45, 2.75) is 30.8 Å². The predicted octanol–water partition coefficient (Wildman–Crippen LogP) is 1.07. The number of hydrogen-bond donors (Lipinski definition) is 3. The van der Waals surface area contributed by atoms with E-state index in [0.717, 1.165) is 10.5 Å². The van der Waals surface area contributed by atoms with E-state index in [9.17, 15) is 23.6 Å². The number of likely N-dealkylation sites (tertiary alicyclic amines) is 1. The minimum Gasteiger partial charge on any atom is -0.493 e. The molecule has 5 rings (SSSR count). The quantitative estimate of drug-likeness (QED) is 0.452. The maximum atomic E-state index is 14.3. The summed E-state index contributed by atoms with van der Waals surface area (Å²) < 4.78 is 24.9. The number of hydrogen-bond acceptors (Lipinski definition) is 7. The molecule has 0 saturated carbocycles. The van der Waals surface area contributed by atoms with Crippen LogP contribution in [-0.2, 0) is 31.1 Å². The number of carbonyl (C=O) groups is 4. The van der Waals surface area contributed by atoms with Gasteiger partial charge in [0.25, 0.3) is 0 Å². The number of fused-ring (bicyclic) bond motifs is 4. The Morgan fingerprint density at radius 1 is 1.08 bits per heavy atom. The van der Waals surface area contributed by atoms with Crippen molar-refractivity contribution in [3.05, 3.63) is 53.3 Å². The van der Waals surface area contributed by atoms with Crippen LogP contribution in [-0.4, -0.2) is 55.3 Å². The molecule has 4 N–H and O–H groups in total. The predicted molar refractivity (Wildman–Crippen MR) is 129 cm³/mol. The largest absolute Gasteiger partial charge is 0.493 e. The Morgan fingerprint density at radius 2 is 1.84 bits per heavy atom. The molecule has 3 heterocycles. The van der Waals surface area contributed by atoms with E-state index in [2.05, 4.69) is 10.6 Å². The van der Waals surface area contributed by atoms with Crippen molar-refractivity contribution in [2.24, 2.45) is 17.6 Å². The summed E-state index contributed by atoms with van der Waals surface area (Å²) in [5.41, 5.74) is 5.18. The highest BCUT2D eigenvalue weighted by Crippen LogP contribution is 2.53. The first-order valence-corrected chi connectivity index (χ1v) is 11.9. The minimum atomic E-state index is -1.63. The van der Waals surface area contributed by atoms with Gasteiger partial charge in [0, 0.05) is 30.3 Å². The van der Waals surface area contributed by atoms with Gasteiger partial charge in [-0.2, -0.15) is 0 Å². The number of ether oxygens (including phenoxy) is 2. The maximum Gasteiger partial charge on any atom is 0.250 e. The maximum absolute atomic E-state index is 14.3.